The summed E-state index contributed by atoms with van der Waals surface area (Å²) in [7, 11) is 4.44. The zero-order valence-electron chi connectivity index (χ0n) is 17.8. The summed E-state index contributed by atoms with van der Waals surface area (Å²) >= 11 is 6.33. The van der Waals surface area contributed by atoms with Gasteiger partial charge in [0.1, 0.15) is 6.54 Å². The van der Waals surface area contributed by atoms with Crippen molar-refractivity contribution in [3.63, 3.8) is 0 Å². The van der Waals surface area contributed by atoms with E-state index < -0.39 is 0 Å². The number of methoxy groups -OCH3 is 3. The summed E-state index contributed by atoms with van der Waals surface area (Å²) in [5, 5.41) is 3.44. The number of halogens is 1. The van der Waals surface area contributed by atoms with Crippen molar-refractivity contribution in [2.75, 3.05) is 38.1 Å². The molecule has 1 aliphatic heterocycles. The first-order valence-corrected chi connectivity index (χ1v) is 10.1. The van der Waals surface area contributed by atoms with Crippen molar-refractivity contribution in [3.05, 3.63) is 65.2 Å². The molecule has 0 aromatic heterocycles. The van der Waals surface area contributed by atoms with Crippen LogP contribution in [0.4, 0.5) is 11.4 Å². The summed E-state index contributed by atoms with van der Waals surface area (Å²) in [5.74, 6) is 0.421. The lowest BCUT2D eigenvalue weighted by Gasteiger charge is -2.30. The van der Waals surface area contributed by atoms with E-state index >= 15 is 0 Å². The topological polar surface area (TPSA) is 77.1 Å². The first-order chi connectivity index (χ1) is 15.5. The van der Waals surface area contributed by atoms with E-state index in [4.69, 9.17) is 25.8 Å². The molecule has 7 nitrogen and oxygen atoms in total. The number of carbonyl (C=O) groups is 2. The van der Waals surface area contributed by atoms with Crippen molar-refractivity contribution >= 4 is 34.8 Å². The number of amides is 2. The minimum Gasteiger partial charge on any atom is -0.493 e. The Morgan fingerprint density at radius 3 is 2.28 bits per heavy atom. The van der Waals surface area contributed by atoms with Crippen LogP contribution in [0.1, 0.15) is 10.4 Å². The van der Waals surface area contributed by atoms with E-state index in [-0.39, 0.29) is 18.4 Å². The Hall–Kier alpha value is -3.71. The molecule has 1 heterocycles. The lowest BCUT2D eigenvalue weighted by Crippen LogP contribution is -2.42. The number of hydrogen-bond acceptors (Lipinski definition) is 5. The molecule has 0 saturated heterocycles. The molecule has 0 unspecified atom stereocenters. The maximum atomic E-state index is 13.4. The van der Waals surface area contributed by atoms with Gasteiger partial charge < -0.3 is 19.5 Å². The van der Waals surface area contributed by atoms with Gasteiger partial charge in [-0.05, 0) is 35.9 Å². The number of nitrogens with one attached hydrogen (secondary N) is 1. The molecule has 0 aliphatic carbocycles. The lowest BCUT2D eigenvalue weighted by molar-refractivity contribution is -0.115. The van der Waals surface area contributed by atoms with Crippen molar-refractivity contribution in [1.29, 1.82) is 0 Å². The molecular formula is C24H21ClN2O5. The highest BCUT2D eigenvalue weighted by Gasteiger charge is 2.29. The summed E-state index contributed by atoms with van der Waals surface area (Å²) in [4.78, 5) is 27.3. The van der Waals surface area contributed by atoms with Crippen LogP contribution in [0.5, 0.6) is 17.2 Å². The van der Waals surface area contributed by atoms with Crippen molar-refractivity contribution in [2.24, 2.45) is 0 Å². The summed E-state index contributed by atoms with van der Waals surface area (Å²) in [6.45, 7) is -0.117. The number of nitrogens with zero attached hydrogens (tertiary/aromatic N) is 1. The van der Waals surface area contributed by atoms with Gasteiger partial charge in [-0.2, -0.15) is 0 Å². The number of fused-ring (bicyclic) bond motifs is 1. The van der Waals surface area contributed by atoms with Crippen LogP contribution in [0, 0.1) is 0 Å². The van der Waals surface area contributed by atoms with Crippen LogP contribution in [0.3, 0.4) is 0 Å². The zero-order chi connectivity index (χ0) is 22.8. The minimum atomic E-state index is -0.370. The molecule has 0 bridgehead atoms. The number of rotatable bonds is 5. The van der Waals surface area contributed by atoms with Crippen LogP contribution >= 0.6 is 11.6 Å². The van der Waals surface area contributed by atoms with Gasteiger partial charge >= 0.3 is 0 Å². The Bertz CT molecular complexity index is 1190. The molecule has 1 aliphatic rings. The molecule has 4 rings (SSSR count). The Morgan fingerprint density at radius 2 is 1.66 bits per heavy atom. The van der Waals surface area contributed by atoms with Crippen LogP contribution in [0.25, 0.3) is 11.1 Å². The van der Waals surface area contributed by atoms with Crippen LogP contribution in [-0.2, 0) is 4.79 Å². The molecule has 0 fully saturated rings. The second kappa shape index (κ2) is 8.80. The normalized spacial score (nSPS) is 12.6. The van der Waals surface area contributed by atoms with Crippen LogP contribution in [-0.4, -0.2) is 39.7 Å². The van der Waals surface area contributed by atoms with Crippen LogP contribution < -0.4 is 24.4 Å². The molecule has 1 N–H and O–H groups in total. The predicted molar refractivity (Wildman–Crippen MR) is 123 cm³/mol. The van der Waals surface area contributed by atoms with Gasteiger partial charge in [0, 0.05) is 16.1 Å². The Balaban J connectivity index is 1.76. The van der Waals surface area contributed by atoms with Crippen molar-refractivity contribution < 1.29 is 23.8 Å². The fourth-order valence-corrected chi connectivity index (χ4v) is 3.94. The summed E-state index contributed by atoms with van der Waals surface area (Å²) in [5.41, 5.74) is 3.07. The van der Waals surface area contributed by atoms with E-state index in [9.17, 15) is 9.59 Å². The highest BCUT2D eigenvalue weighted by atomic mass is 35.5. The molecule has 2 amide bonds. The Labute approximate surface area is 190 Å². The van der Waals surface area contributed by atoms with Gasteiger partial charge in [-0.1, -0.05) is 35.9 Å². The number of anilines is 2. The monoisotopic (exact) mass is 452 g/mol. The molecule has 32 heavy (non-hydrogen) atoms. The molecule has 0 saturated carbocycles. The molecule has 8 heteroatoms. The van der Waals surface area contributed by atoms with E-state index in [2.05, 4.69) is 5.32 Å². The highest BCUT2D eigenvalue weighted by Crippen LogP contribution is 2.40. The van der Waals surface area contributed by atoms with Crippen LogP contribution in [0.15, 0.2) is 54.6 Å². The van der Waals surface area contributed by atoms with E-state index in [0.29, 0.717) is 39.2 Å². The van der Waals surface area contributed by atoms with Crippen molar-refractivity contribution in [3.8, 4) is 28.4 Å². The van der Waals surface area contributed by atoms with Gasteiger partial charge in [0.2, 0.25) is 11.7 Å². The van der Waals surface area contributed by atoms with Gasteiger partial charge in [0.05, 0.1) is 32.7 Å². The second-order valence-corrected chi connectivity index (χ2v) is 7.47. The number of ether oxygens (including phenoxy) is 3. The highest BCUT2D eigenvalue weighted by molar-refractivity contribution is 6.33. The van der Waals surface area contributed by atoms with Crippen molar-refractivity contribution in [2.45, 2.75) is 0 Å². The number of hydrogen-bond donors (Lipinski definition) is 1. The Kier molecular flexibility index (Phi) is 5.92. The summed E-state index contributed by atoms with van der Waals surface area (Å²) < 4.78 is 16.0. The largest absolute Gasteiger partial charge is 0.493 e. The van der Waals surface area contributed by atoms with E-state index in [1.54, 1.807) is 24.3 Å². The third-order valence-electron chi connectivity index (χ3n) is 5.20. The molecule has 0 atom stereocenters. The number of benzene rings is 3. The number of carbonyl (C=O) groups excluding carboxylic acids is 2. The maximum absolute atomic E-state index is 13.4. The van der Waals surface area contributed by atoms with Gasteiger partial charge in [0.15, 0.2) is 11.5 Å². The molecule has 3 aromatic carbocycles. The molecule has 0 radical (unpaired) electrons. The summed E-state index contributed by atoms with van der Waals surface area (Å²) in [6, 6.07) is 16.0. The van der Waals surface area contributed by atoms with Gasteiger partial charge in [0.25, 0.3) is 5.91 Å². The fourth-order valence-electron chi connectivity index (χ4n) is 3.69. The van der Waals surface area contributed by atoms with E-state index in [0.717, 1.165) is 11.1 Å². The SMILES string of the molecule is COc1cc(C(=O)N2CC(=O)Nc3cc(-c4ccccc4Cl)ccc32)cc(OC)c1OC. The average Bonchev–Trinajstić information content (AvgIpc) is 2.81. The molecule has 164 valence electrons. The Morgan fingerprint density at radius 1 is 0.969 bits per heavy atom. The van der Waals surface area contributed by atoms with Crippen LogP contribution in [0.2, 0.25) is 5.02 Å². The lowest BCUT2D eigenvalue weighted by atomic mass is 10.0. The van der Waals surface area contributed by atoms with E-state index in [1.807, 2.05) is 30.3 Å². The first-order valence-electron chi connectivity index (χ1n) is 9.77. The average molecular weight is 453 g/mol. The molecular weight excluding hydrogens is 432 g/mol. The smallest absolute Gasteiger partial charge is 0.259 e. The molecule has 0 spiro atoms. The van der Waals surface area contributed by atoms with Crippen molar-refractivity contribution in [1.82, 2.24) is 0 Å². The fraction of sp³-hybridized carbons (Fsp3) is 0.167. The predicted octanol–water partition coefficient (Wildman–Crippen LogP) is 4.63. The second-order valence-electron chi connectivity index (χ2n) is 7.07. The van der Waals surface area contributed by atoms with Gasteiger partial charge in [-0.15, -0.1) is 0 Å². The minimum absolute atomic E-state index is 0.117. The maximum Gasteiger partial charge on any atom is 0.259 e. The standard InChI is InChI=1S/C24H21ClN2O5/c1-30-20-11-15(12-21(31-2)23(20)32-3)24(29)27-13-22(28)26-18-10-14(8-9-19(18)27)16-6-4-5-7-17(16)25/h4-12H,13H2,1-3H3,(H,26,28). The first kappa shape index (κ1) is 21.5. The van der Waals surface area contributed by atoms with Gasteiger partial charge in [-0.3, -0.25) is 14.5 Å². The van der Waals surface area contributed by atoms with E-state index in [1.165, 1.54) is 26.2 Å². The molecule has 3 aromatic rings. The third-order valence-corrected chi connectivity index (χ3v) is 5.53. The third kappa shape index (κ3) is 3.83. The zero-order valence-corrected chi connectivity index (χ0v) is 18.5. The van der Waals surface area contributed by atoms with Gasteiger partial charge in [-0.25, -0.2) is 0 Å². The quantitative estimate of drug-likeness (QED) is 0.610. The summed E-state index contributed by atoms with van der Waals surface area (Å²) in [6.07, 6.45) is 0.